The number of halogens is 5. The van der Waals surface area contributed by atoms with Gasteiger partial charge in [0.2, 0.25) is 12.0 Å². The van der Waals surface area contributed by atoms with E-state index in [2.05, 4.69) is 9.98 Å². The van der Waals surface area contributed by atoms with E-state index in [1.807, 2.05) is 0 Å². The van der Waals surface area contributed by atoms with Crippen LogP contribution in [0.15, 0.2) is 36.7 Å². The molecule has 2 aromatic rings. The van der Waals surface area contributed by atoms with Crippen LogP contribution in [0.25, 0.3) is 5.57 Å². The smallest absolute Gasteiger partial charge is 0.248 e. The van der Waals surface area contributed by atoms with Crippen LogP contribution >= 0.6 is 11.8 Å². The molecule has 1 saturated carbocycles. The lowest BCUT2D eigenvalue weighted by molar-refractivity contribution is -0.535. The number of hydrogen-bond donors (Lipinski definition) is 5. The molecule has 0 spiro atoms. The number of allylic oxidation sites excluding steroid dienone is 1. The van der Waals surface area contributed by atoms with Gasteiger partial charge in [0.05, 0.1) is 28.7 Å². The van der Waals surface area contributed by atoms with Gasteiger partial charge < -0.3 is 30.5 Å². The molecule has 0 radical (unpaired) electrons. The fourth-order valence-electron chi connectivity index (χ4n) is 5.80. The Morgan fingerprint density at radius 1 is 1.14 bits per heavy atom. The fourth-order valence-corrected chi connectivity index (χ4v) is 7.45. The summed E-state index contributed by atoms with van der Waals surface area (Å²) in [5.41, 5.74) is 4.13. The molecule has 14 heteroatoms. The molecule has 2 aliphatic heterocycles. The monoisotopic (exact) mass is 630 g/mol. The third-order valence-corrected chi connectivity index (χ3v) is 9.88. The molecule has 234 valence electrons. The molecule has 3 fully saturated rings. The van der Waals surface area contributed by atoms with Crippen molar-refractivity contribution in [3.05, 3.63) is 70.9 Å². The van der Waals surface area contributed by atoms with Crippen molar-refractivity contribution in [3.63, 3.8) is 0 Å². The number of thioether (sulfide) groups is 1. The number of alkyl halides is 2. The number of nitrogens with one attached hydrogen (secondary N) is 1. The Morgan fingerprint density at radius 2 is 1.81 bits per heavy atom. The fraction of sp³-hybridized carbons (Fsp3) is 0.517. The zero-order valence-corrected chi connectivity index (χ0v) is 23.9. The number of nitrogens with zero attached hydrogens (tertiary/aromatic N) is 1. The minimum absolute atomic E-state index is 0.0650. The minimum atomic E-state index is -2.91. The molecular formula is C29H33F5N3O5S+. The van der Waals surface area contributed by atoms with Gasteiger partial charge in [0.15, 0.2) is 35.9 Å². The van der Waals surface area contributed by atoms with Crippen molar-refractivity contribution in [1.29, 1.82) is 0 Å². The number of rotatable bonds is 7. The first-order chi connectivity index (χ1) is 20.3. The van der Waals surface area contributed by atoms with Crippen LogP contribution in [0.2, 0.25) is 0 Å². The van der Waals surface area contributed by atoms with Crippen molar-refractivity contribution in [2.24, 2.45) is 5.73 Å². The molecular weight excluding hydrogens is 597 g/mol. The van der Waals surface area contributed by atoms with Crippen molar-refractivity contribution >= 4 is 23.5 Å². The molecule has 5 rings (SSSR count). The second-order valence-corrected chi connectivity index (χ2v) is 12.4. The maximum Gasteiger partial charge on any atom is 0.248 e. The summed E-state index contributed by atoms with van der Waals surface area (Å²) in [5.74, 6) is -7.37. The lowest BCUT2D eigenvalue weighted by Gasteiger charge is -2.44. The Kier molecular flexibility index (Phi) is 9.17. The van der Waals surface area contributed by atoms with Crippen LogP contribution in [-0.4, -0.2) is 80.5 Å². The van der Waals surface area contributed by atoms with Gasteiger partial charge in [-0.3, -0.25) is 4.98 Å². The first-order valence-corrected chi connectivity index (χ1v) is 14.7. The zero-order valence-electron chi connectivity index (χ0n) is 23.1. The molecule has 1 aromatic carbocycles. The Bertz CT molecular complexity index is 1370. The average Bonchev–Trinajstić information content (AvgIpc) is 3.33. The van der Waals surface area contributed by atoms with Crippen LogP contribution < -0.4 is 10.7 Å². The highest BCUT2D eigenvalue weighted by molar-refractivity contribution is 8.00. The molecule has 4 unspecified atom stereocenters. The highest BCUT2D eigenvalue weighted by Crippen LogP contribution is 2.52. The summed E-state index contributed by atoms with van der Waals surface area (Å²) in [4.78, 5) is 7.39. The molecule has 3 heterocycles. The SMILES string of the molecule is Cc1cccnc1[C@@H](S[C@@H]1OC2C(O)CO[C@@H]2C([NH+]=C/C(=C\N)c2cc(F)c(F)c(F)c2)C1O)C1(O)CCC(F)(F)CC1. The number of benzene rings is 1. The standard InChI is InChI=1S/C29H32F5N3O5S/c1-14-3-2-8-36-21(14)26(28(40)4-6-29(33,34)7-5-28)43-27-23(39)22(25-24(42-27)19(38)13-41-25)37-12-16(11-35)15-9-17(30)20(32)18(31)10-15/h2-3,8-12,19,22-27,38-40H,4-7,13,35H2,1H3/p+1/b16-11+,37-12?/t19?,22?,23?,24?,25-,26-,27+/m1/s1. The molecule has 1 aliphatic carbocycles. The van der Waals surface area contributed by atoms with Gasteiger partial charge in [0.25, 0.3) is 0 Å². The van der Waals surface area contributed by atoms with Gasteiger partial charge in [-0.25, -0.2) is 26.9 Å². The van der Waals surface area contributed by atoms with Gasteiger partial charge in [0, 0.05) is 25.2 Å². The number of aryl methyl sites for hydroxylation is 1. The van der Waals surface area contributed by atoms with Crippen LogP contribution in [0, 0.1) is 24.4 Å². The van der Waals surface area contributed by atoms with E-state index in [9.17, 15) is 37.3 Å². The third kappa shape index (κ3) is 6.45. The van der Waals surface area contributed by atoms with Crippen LogP contribution in [-0.2, 0) is 9.47 Å². The number of fused-ring (bicyclic) bond motifs is 1. The van der Waals surface area contributed by atoms with Crippen molar-refractivity contribution in [3.8, 4) is 0 Å². The summed E-state index contributed by atoms with van der Waals surface area (Å²) >= 11 is 1.01. The van der Waals surface area contributed by atoms with Gasteiger partial charge in [-0.1, -0.05) is 6.07 Å². The van der Waals surface area contributed by atoms with Crippen LogP contribution in [0.4, 0.5) is 22.0 Å². The predicted octanol–water partition coefficient (Wildman–Crippen LogP) is 1.89. The number of aliphatic hydroxyl groups is 3. The third-order valence-electron chi connectivity index (χ3n) is 8.29. The van der Waals surface area contributed by atoms with E-state index >= 15 is 0 Å². The van der Waals surface area contributed by atoms with E-state index < -0.39 is 83.0 Å². The van der Waals surface area contributed by atoms with E-state index in [1.165, 1.54) is 12.4 Å². The molecule has 1 aromatic heterocycles. The van der Waals surface area contributed by atoms with Gasteiger partial charge >= 0.3 is 0 Å². The molecule has 43 heavy (non-hydrogen) atoms. The van der Waals surface area contributed by atoms with Crippen molar-refractivity contribution < 1.29 is 51.7 Å². The zero-order chi connectivity index (χ0) is 31.1. The lowest BCUT2D eigenvalue weighted by atomic mass is 9.79. The molecule has 0 amide bonds. The summed E-state index contributed by atoms with van der Waals surface area (Å²) in [7, 11) is 0. The van der Waals surface area contributed by atoms with Crippen molar-refractivity contribution in [1.82, 2.24) is 4.98 Å². The first-order valence-electron chi connectivity index (χ1n) is 13.8. The molecule has 3 aliphatic rings. The minimum Gasteiger partial charge on any atom is -0.404 e. The van der Waals surface area contributed by atoms with Crippen LogP contribution in [0.5, 0.6) is 0 Å². The van der Waals surface area contributed by atoms with E-state index in [0.29, 0.717) is 11.3 Å². The number of pyridine rings is 1. The number of ether oxygens (including phenoxy) is 2. The molecule has 6 N–H and O–H groups in total. The topological polar surface area (TPSA) is 132 Å². The van der Waals surface area contributed by atoms with Crippen molar-refractivity contribution in [2.75, 3.05) is 6.61 Å². The van der Waals surface area contributed by atoms with E-state index in [4.69, 9.17) is 15.2 Å². The summed E-state index contributed by atoms with van der Waals surface area (Å²) < 4.78 is 81.3. The Morgan fingerprint density at radius 3 is 2.44 bits per heavy atom. The van der Waals surface area contributed by atoms with E-state index in [0.717, 1.165) is 30.1 Å². The maximum atomic E-state index is 14.1. The van der Waals surface area contributed by atoms with E-state index in [-0.39, 0.29) is 30.6 Å². The van der Waals surface area contributed by atoms with Gasteiger partial charge in [-0.15, -0.1) is 11.8 Å². The quantitative estimate of drug-likeness (QED) is 0.178. The number of hydrogen-bond acceptors (Lipinski definition) is 8. The Hall–Kier alpha value is -2.62. The highest BCUT2D eigenvalue weighted by Gasteiger charge is 2.57. The molecule has 7 atom stereocenters. The molecule has 8 nitrogen and oxygen atoms in total. The van der Waals surface area contributed by atoms with Crippen LogP contribution in [0.1, 0.15) is 47.8 Å². The Balaban J connectivity index is 1.46. The predicted molar refractivity (Wildman–Crippen MR) is 147 cm³/mol. The summed E-state index contributed by atoms with van der Waals surface area (Å²) in [6.45, 7) is 1.67. The first kappa shape index (κ1) is 31.8. The maximum absolute atomic E-state index is 14.1. The number of aromatic nitrogens is 1. The normalized spacial score (nSPS) is 31.2. The Labute approximate surface area is 248 Å². The molecule has 0 bridgehead atoms. The number of nitrogens with two attached hydrogens (primary N) is 1. The molecule has 2 saturated heterocycles. The summed E-state index contributed by atoms with van der Waals surface area (Å²) in [6.07, 6.45) is -1.85. The summed E-state index contributed by atoms with van der Waals surface area (Å²) in [5, 5.41) is 33.0. The van der Waals surface area contributed by atoms with Gasteiger partial charge in [-0.2, -0.15) is 0 Å². The van der Waals surface area contributed by atoms with Crippen molar-refractivity contribution in [2.45, 2.75) is 85.3 Å². The highest BCUT2D eigenvalue weighted by atomic mass is 32.2. The van der Waals surface area contributed by atoms with Gasteiger partial charge in [-0.05, 0) is 49.1 Å². The van der Waals surface area contributed by atoms with Gasteiger partial charge in [0.1, 0.15) is 17.6 Å². The number of aliphatic hydroxyl groups excluding tert-OH is 2. The second-order valence-electron chi connectivity index (χ2n) is 11.2. The largest absolute Gasteiger partial charge is 0.404 e. The second kappa shape index (κ2) is 12.4. The summed E-state index contributed by atoms with van der Waals surface area (Å²) in [6, 6.07) is 4.05. The van der Waals surface area contributed by atoms with Crippen LogP contribution in [0.3, 0.4) is 0 Å². The van der Waals surface area contributed by atoms with E-state index in [1.54, 1.807) is 19.1 Å². The lowest BCUT2D eigenvalue weighted by Crippen LogP contribution is -2.87. The average molecular weight is 631 g/mol.